The minimum atomic E-state index is -1.83. The summed E-state index contributed by atoms with van der Waals surface area (Å²) in [5.74, 6) is 0. The van der Waals surface area contributed by atoms with E-state index in [9.17, 15) is 0 Å². The molecule has 26 heavy (non-hydrogen) atoms. The summed E-state index contributed by atoms with van der Waals surface area (Å²) < 4.78 is 0. The van der Waals surface area contributed by atoms with Crippen molar-refractivity contribution in [1.29, 1.82) is 0 Å². The predicted octanol–water partition coefficient (Wildman–Crippen LogP) is 0.0374. The van der Waals surface area contributed by atoms with Gasteiger partial charge in [-0.15, -0.1) is 0 Å². The zero-order valence-corrected chi connectivity index (χ0v) is 10.8. The van der Waals surface area contributed by atoms with Gasteiger partial charge < -0.3 is 61.3 Å². The Bertz CT molecular complexity index is 261. The van der Waals surface area contributed by atoms with Gasteiger partial charge in [0.05, 0.1) is 0 Å². The topological polar surface area (TPSA) is 345 Å². The number of carboxylic acid groups (broad SMARTS) is 12. The van der Waals surface area contributed by atoms with Crippen LogP contribution < -0.4 is 0 Å². The third kappa shape index (κ3) is 8950. The number of hydrogen-bond acceptors (Lipinski definition) is 6. The van der Waals surface area contributed by atoms with E-state index in [0.29, 0.717) is 0 Å². The van der Waals surface area contributed by atoms with Crippen molar-refractivity contribution in [3.05, 3.63) is 0 Å². The average Bonchev–Trinajstić information content (AvgIpc) is 2.08. The molecule has 0 aromatic heterocycles. The molecular formula is C6H14K2O18. The second kappa shape index (κ2) is 43.9. The van der Waals surface area contributed by atoms with Gasteiger partial charge in [0.1, 0.15) is 0 Å². The molecule has 0 spiro atoms. The first-order valence-corrected chi connectivity index (χ1v) is 3.91. The Morgan fingerprint density at radius 2 is 0.269 bits per heavy atom. The molecule has 148 valence electrons. The molecule has 0 atom stereocenters. The molecule has 0 aromatic rings. The first-order valence-electron chi connectivity index (χ1n) is 3.91. The molecule has 0 heterocycles. The van der Waals surface area contributed by atoms with Gasteiger partial charge >= 0.3 is 140 Å². The molecule has 0 saturated carbocycles. The zero-order chi connectivity index (χ0) is 21.5. The van der Waals surface area contributed by atoms with Crippen LogP contribution in [0.1, 0.15) is 0 Å². The predicted molar refractivity (Wildman–Crippen MR) is 78.2 cm³/mol. The summed E-state index contributed by atoms with van der Waals surface area (Å²) in [6, 6.07) is 0. The third-order valence-electron chi connectivity index (χ3n) is 0. The quantitative estimate of drug-likeness (QED) is 0.215. The summed E-state index contributed by atoms with van der Waals surface area (Å²) in [7, 11) is 0. The Labute approximate surface area is 226 Å². The molecule has 12 N–H and O–H groups in total. The number of rotatable bonds is 0. The molecule has 0 saturated heterocycles. The molecule has 0 bridgehead atoms. The van der Waals surface area contributed by atoms with Gasteiger partial charge in [0.15, 0.2) is 0 Å². The maximum atomic E-state index is 8.56. The van der Waals surface area contributed by atoms with Crippen molar-refractivity contribution in [1.82, 2.24) is 0 Å². The van der Waals surface area contributed by atoms with Crippen molar-refractivity contribution in [2.45, 2.75) is 0 Å². The fourth-order valence-electron chi connectivity index (χ4n) is 0. The Kier molecular flexibility index (Phi) is 84.0. The van der Waals surface area contributed by atoms with Crippen molar-refractivity contribution in [3.8, 4) is 0 Å². The van der Waals surface area contributed by atoms with Crippen molar-refractivity contribution in [2.75, 3.05) is 0 Å². The van der Waals surface area contributed by atoms with Gasteiger partial charge in [-0.1, -0.05) is 0 Å². The standard InChI is InChI=1S/6CH2O3.2K.2H/c6*2-1(3)4;;;;/h6*(H2,2,3,4);;;;. The normalized spacial score (nSPS) is 5.54. The second-order valence-electron chi connectivity index (χ2n) is 1.70. The van der Waals surface area contributed by atoms with Gasteiger partial charge in [-0.25, -0.2) is 28.8 Å². The van der Waals surface area contributed by atoms with Crippen molar-refractivity contribution < 1.29 is 90.0 Å². The van der Waals surface area contributed by atoms with Crippen LogP contribution in [-0.2, 0) is 0 Å². The van der Waals surface area contributed by atoms with Crippen LogP contribution in [0.15, 0.2) is 0 Å². The summed E-state index contributed by atoms with van der Waals surface area (Å²) in [5.41, 5.74) is 0. The van der Waals surface area contributed by atoms with E-state index in [2.05, 4.69) is 0 Å². The minimum absolute atomic E-state index is 0. The Hall–Kier alpha value is -1.11. The molecule has 0 rings (SSSR count). The fraction of sp³-hybridized carbons (Fsp3) is 0. The number of hydrogen-bond donors (Lipinski definition) is 12. The fourth-order valence-corrected chi connectivity index (χ4v) is 0. The van der Waals surface area contributed by atoms with Gasteiger partial charge in [0.25, 0.3) is 0 Å². The summed E-state index contributed by atoms with van der Waals surface area (Å²) in [6.07, 6.45) is -11.0. The van der Waals surface area contributed by atoms with Crippen LogP contribution in [0.2, 0.25) is 0 Å². The van der Waals surface area contributed by atoms with Crippen LogP contribution >= 0.6 is 0 Å². The number of carbonyl (C=O) groups is 6. The van der Waals surface area contributed by atoms with Gasteiger partial charge in [-0.3, -0.25) is 0 Å². The third-order valence-corrected chi connectivity index (χ3v) is 0. The Balaban J connectivity index is -0.0000000245. The summed E-state index contributed by atoms with van der Waals surface area (Å²) in [5, 5.41) is 83.7. The van der Waals surface area contributed by atoms with E-state index < -0.39 is 36.9 Å². The Morgan fingerprint density at radius 1 is 0.269 bits per heavy atom. The van der Waals surface area contributed by atoms with Crippen LogP contribution in [-0.4, -0.2) is 201 Å². The van der Waals surface area contributed by atoms with E-state index in [-0.39, 0.29) is 103 Å². The molecule has 0 amide bonds. The molecule has 0 aliphatic rings. The summed E-state index contributed by atoms with van der Waals surface area (Å²) in [4.78, 5) is 51.3. The molecule has 0 fully saturated rings. The summed E-state index contributed by atoms with van der Waals surface area (Å²) in [6.45, 7) is 0. The van der Waals surface area contributed by atoms with E-state index in [1.54, 1.807) is 0 Å². The average molecular weight is 452 g/mol. The zero-order valence-electron chi connectivity index (χ0n) is 10.8. The molecule has 18 nitrogen and oxygen atoms in total. The Morgan fingerprint density at radius 3 is 0.269 bits per heavy atom. The SMILES string of the molecule is O=C(O)O.O=C(O)O.O=C(O)O.O=C(O)O.O=C(O)O.O=C(O)O.[KH].[KH]. The molecular weight excluding hydrogens is 438 g/mol. The summed E-state index contributed by atoms with van der Waals surface area (Å²) >= 11 is 0. The van der Waals surface area contributed by atoms with E-state index >= 15 is 0 Å². The first-order chi connectivity index (χ1) is 10.4. The molecule has 20 heteroatoms. The van der Waals surface area contributed by atoms with Gasteiger partial charge in [-0.05, 0) is 0 Å². The first kappa shape index (κ1) is 49.8. The van der Waals surface area contributed by atoms with Crippen molar-refractivity contribution in [3.63, 3.8) is 0 Å². The van der Waals surface area contributed by atoms with Crippen LogP contribution in [0.25, 0.3) is 0 Å². The van der Waals surface area contributed by atoms with E-state index in [1.807, 2.05) is 0 Å². The van der Waals surface area contributed by atoms with E-state index in [0.717, 1.165) is 0 Å². The monoisotopic (exact) mass is 452 g/mol. The molecule has 0 radical (unpaired) electrons. The molecule has 0 aromatic carbocycles. The molecule has 0 aliphatic carbocycles. The van der Waals surface area contributed by atoms with E-state index in [1.165, 1.54) is 0 Å². The molecule has 0 unspecified atom stereocenters. The van der Waals surface area contributed by atoms with Crippen LogP contribution in [0.5, 0.6) is 0 Å². The van der Waals surface area contributed by atoms with Crippen molar-refractivity contribution in [2.24, 2.45) is 0 Å². The van der Waals surface area contributed by atoms with Gasteiger partial charge in [-0.2, -0.15) is 0 Å². The van der Waals surface area contributed by atoms with Crippen LogP contribution in [0, 0.1) is 0 Å². The van der Waals surface area contributed by atoms with Crippen LogP contribution in [0.3, 0.4) is 0 Å². The molecule has 0 aliphatic heterocycles. The van der Waals surface area contributed by atoms with Gasteiger partial charge in [0.2, 0.25) is 0 Å². The maximum absolute atomic E-state index is 8.56. The van der Waals surface area contributed by atoms with Crippen molar-refractivity contribution >= 4 is 140 Å². The second-order valence-corrected chi connectivity index (χ2v) is 1.70. The van der Waals surface area contributed by atoms with Gasteiger partial charge in [0, 0.05) is 0 Å². The van der Waals surface area contributed by atoms with Crippen LogP contribution in [0.4, 0.5) is 28.8 Å². The van der Waals surface area contributed by atoms with E-state index in [4.69, 9.17) is 90.0 Å².